The van der Waals surface area contributed by atoms with Crippen molar-refractivity contribution in [3.63, 3.8) is 0 Å². The molecule has 2 heterocycles. The third-order valence-electron chi connectivity index (χ3n) is 3.06. The molecule has 0 amide bonds. The second-order valence-corrected chi connectivity index (χ2v) is 4.72. The number of aromatic nitrogens is 4. The first-order valence-electron chi connectivity index (χ1n) is 5.93. The van der Waals surface area contributed by atoms with E-state index in [1.807, 2.05) is 6.07 Å². The van der Waals surface area contributed by atoms with Crippen molar-refractivity contribution >= 4 is 17.9 Å². The Hall–Kier alpha value is -2.79. The molecule has 6 nitrogen and oxygen atoms in total. The second kappa shape index (κ2) is 4.64. The van der Waals surface area contributed by atoms with Gasteiger partial charge in [0.2, 0.25) is 4.77 Å². The zero-order valence-electron chi connectivity index (χ0n) is 10.8. The molecule has 0 bridgehead atoms. The van der Waals surface area contributed by atoms with Crippen LogP contribution in [0.5, 0.6) is 0 Å². The highest BCUT2D eigenvalue weighted by Crippen LogP contribution is 2.13. The van der Waals surface area contributed by atoms with Crippen LogP contribution in [-0.2, 0) is 0 Å². The van der Waals surface area contributed by atoms with Crippen LogP contribution in [0.3, 0.4) is 0 Å². The quantitative estimate of drug-likeness (QED) is 0.696. The molecule has 0 spiro atoms. The molecule has 0 fully saturated rings. The predicted octanol–water partition coefficient (Wildman–Crippen LogP) is 1.86. The zero-order valence-corrected chi connectivity index (χ0v) is 11.6. The molecule has 0 aliphatic heterocycles. The summed E-state index contributed by atoms with van der Waals surface area (Å²) in [4.78, 5) is 14.8. The van der Waals surface area contributed by atoms with Gasteiger partial charge in [0.1, 0.15) is 17.4 Å². The minimum Gasteiger partial charge on any atom is -0.290 e. The number of hydrogen-bond acceptors (Lipinski definition) is 4. The number of aryl methyl sites for hydroxylation is 1. The van der Waals surface area contributed by atoms with E-state index in [2.05, 4.69) is 10.1 Å². The molecule has 2 aromatic heterocycles. The zero-order chi connectivity index (χ0) is 15.1. The molecule has 1 aromatic carbocycles. The molecule has 0 saturated carbocycles. The number of fused-ring (bicyclic) bond motifs is 1. The van der Waals surface area contributed by atoms with Crippen LogP contribution >= 0.6 is 12.2 Å². The lowest BCUT2D eigenvalue weighted by atomic mass is 10.3. The van der Waals surface area contributed by atoms with E-state index in [1.54, 1.807) is 6.92 Å². The Bertz CT molecular complexity index is 1010. The second-order valence-electron chi connectivity index (χ2n) is 4.36. The van der Waals surface area contributed by atoms with Crippen molar-refractivity contribution in [2.45, 2.75) is 6.92 Å². The molecule has 0 aliphatic carbocycles. The van der Waals surface area contributed by atoms with Gasteiger partial charge in [-0.1, -0.05) is 0 Å². The number of H-pyrrole nitrogens is 1. The normalized spacial score (nSPS) is 10.7. The number of nitrogens with one attached hydrogen (secondary N) is 1. The highest BCUT2D eigenvalue weighted by atomic mass is 32.1. The Morgan fingerprint density at radius 1 is 1.38 bits per heavy atom. The lowest BCUT2D eigenvalue weighted by molar-refractivity contribution is 0.627. The topological polar surface area (TPSA) is 78.9 Å². The summed E-state index contributed by atoms with van der Waals surface area (Å²) in [5.74, 6) is -0.413. The van der Waals surface area contributed by atoms with E-state index in [0.29, 0.717) is 11.4 Å². The van der Waals surface area contributed by atoms with Crippen molar-refractivity contribution in [2.75, 3.05) is 0 Å². The Morgan fingerprint density at radius 2 is 2.05 bits per heavy atom. The standard InChI is InChI=1S/C13H8FN5OS/c1-7-10(6-15)11-16-12(20)18(13(21)19(11)17-7)9-4-2-8(14)3-5-9/h2-5H,1H3,(H,16,20). The van der Waals surface area contributed by atoms with Gasteiger partial charge in [0.25, 0.3) is 0 Å². The Morgan fingerprint density at radius 3 is 2.67 bits per heavy atom. The van der Waals surface area contributed by atoms with Gasteiger partial charge in [0, 0.05) is 0 Å². The fourth-order valence-electron chi connectivity index (χ4n) is 2.07. The summed E-state index contributed by atoms with van der Waals surface area (Å²) in [5.41, 5.74) is 0.885. The number of nitrogens with zero attached hydrogens (tertiary/aromatic N) is 4. The summed E-state index contributed by atoms with van der Waals surface area (Å²) in [6, 6.07) is 7.32. The lowest BCUT2D eigenvalue weighted by Crippen LogP contribution is -2.24. The molecule has 0 unspecified atom stereocenters. The summed E-state index contributed by atoms with van der Waals surface area (Å²) in [5, 5.41) is 13.2. The molecule has 104 valence electrons. The fourth-order valence-corrected chi connectivity index (χ4v) is 2.39. The van der Waals surface area contributed by atoms with Gasteiger partial charge < -0.3 is 0 Å². The fraction of sp³-hybridized carbons (Fsp3) is 0.0769. The van der Waals surface area contributed by atoms with Crippen molar-refractivity contribution in [2.24, 2.45) is 0 Å². The van der Waals surface area contributed by atoms with Gasteiger partial charge in [-0.05, 0) is 43.4 Å². The van der Waals surface area contributed by atoms with Gasteiger partial charge in [-0.3, -0.25) is 4.98 Å². The van der Waals surface area contributed by atoms with E-state index in [-0.39, 0.29) is 16.0 Å². The molecule has 0 atom stereocenters. The summed E-state index contributed by atoms with van der Waals surface area (Å²) in [6.45, 7) is 1.65. The van der Waals surface area contributed by atoms with Gasteiger partial charge in [0.05, 0.1) is 11.4 Å². The largest absolute Gasteiger partial charge is 0.334 e. The smallest absolute Gasteiger partial charge is 0.290 e. The predicted molar refractivity (Wildman–Crippen MR) is 75.4 cm³/mol. The summed E-state index contributed by atoms with van der Waals surface area (Å²) < 4.78 is 15.6. The van der Waals surface area contributed by atoms with Crippen LogP contribution in [0, 0.1) is 28.8 Å². The monoisotopic (exact) mass is 301 g/mol. The summed E-state index contributed by atoms with van der Waals surface area (Å²) in [6.07, 6.45) is 0. The average molecular weight is 301 g/mol. The first-order chi connectivity index (χ1) is 10.0. The lowest BCUT2D eigenvalue weighted by Gasteiger charge is -2.06. The van der Waals surface area contributed by atoms with Gasteiger partial charge >= 0.3 is 5.69 Å². The van der Waals surface area contributed by atoms with Crippen LogP contribution in [0.2, 0.25) is 0 Å². The first kappa shape index (κ1) is 13.2. The molecular formula is C13H8FN5OS. The van der Waals surface area contributed by atoms with E-state index in [4.69, 9.17) is 17.5 Å². The van der Waals surface area contributed by atoms with Crippen molar-refractivity contribution in [1.29, 1.82) is 5.26 Å². The van der Waals surface area contributed by atoms with E-state index in [0.717, 1.165) is 0 Å². The number of halogens is 1. The van der Waals surface area contributed by atoms with Crippen LogP contribution in [0.4, 0.5) is 4.39 Å². The molecule has 0 aliphatic rings. The maximum Gasteiger partial charge on any atom is 0.334 e. The van der Waals surface area contributed by atoms with Gasteiger partial charge in [0.15, 0.2) is 5.65 Å². The van der Waals surface area contributed by atoms with Gasteiger partial charge in [-0.25, -0.2) is 13.8 Å². The van der Waals surface area contributed by atoms with E-state index in [9.17, 15) is 9.18 Å². The van der Waals surface area contributed by atoms with E-state index < -0.39 is 11.5 Å². The minimum atomic E-state index is -0.518. The van der Waals surface area contributed by atoms with Gasteiger partial charge in [-0.15, -0.1) is 0 Å². The number of aromatic amines is 1. The van der Waals surface area contributed by atoms with Crippen LogP contribution < -0.4 is 5.69 Å². The molecule has 3 rings (SSSR count). The molecule has 0 saturated heterocycles. The van der Waals surface area contributed by atoms with Crippen LogP contribution in [0.25, 0.3) is 11.3 Å². The molecule has 1 N–H and O–H groups in total. The van der Waals surface area contributed by atoms with Crippen molar-refractivity contribution in [3.8, 4) is 11.8 Å². The molecule has 3 aromatic rings. The van der Waals surface area contributed by atoms with Crippen molar-refractivity contribution in [3.05, 3.63) is 56.6 Å². The summed E-state index contributed by atoms with van der Waals surface area (Å²) >= 11 is 5.26. The highest BCUT2D eigenvalue weighted by molar-refractivity contribution is 7.71. The Balaban J connectivity index is 2.41. The number of hydrogen-bond donors (Lipinski definition) is 1. The third-order valence-corrected chi connectivity index (χ3v) is 3.41. The first-order valence-corrected chi connectivity index (χ1v) is 6.34. The van der Waals surface area contributed by atoms with Crippen LogP contribution in [0.1, 0.15) is 11.3 Å². The van der Waals surface area contributed by atoms with E-state index in [1.165, 1.54) is 33.3 Å². The number of nitriles is 1. The SMILES string of the molecule is Cc1nn2c(=S)n(-c3ccc(F)cc3)c(=O)[nH]c2c1C#N. The average Bonchev–Trinajstić information content (AvgIpc) is 2.77. The maximum absolute atomic E-state index is 13.0. The Kier molecular flexibility index (Phi) is 2.92. The molecular weight excluding hydrogens is 293 g/mol. The van der Waals surface area contributed by atoms with Crippen molar-refractivity contribution in [1.82, 2.24) is 19.2 Å². The number of rotatable bonds is 1. The maximum atomic E-state index is 13.0. The number of benzene rings is 1. The molecule has 21 heavy (non-hydrogen) atoms. The third kappa shape index (κ3) is 1.95. The molecule has 8 heteroatoms. The van der Waals surface area contributed by atoms with E-state index >= 15 is 0 Å². The van der Waals surface area contributed by atoms with Crippen molar-refractivity contribution < 1.29 is 4.39 Å². The minimum absolute atomic E-state index is 0.102. The molecule has 0 radical (unpaired) electrons. The Labute approximate surface area is 122 Å². The van der Waals surface area contributed by atoms with Crippen LogP contribution in [0.15, 0.2) is 29.1 Å². The summed E-state index contributed by atoms with van der Waals surface area (Å²) in [7, 11) is 0. The highest BCUT2D eigenvalue weighted by Gasteiger charge is 2.14. The van der Waals surface area contributed by atoms with Gasteiger partial charge in [-0.2, -0.15) is 14.9 Å². The van der Waals surface area contributed by atoms with Crippen LogP contribution in [-0.4, -0.2) is 19.2 Å².